The molecule has 0 aliphatic carbocycles. The fraction of sp³-hybridized carbons (Fsp3) is 0.200. The Kier molecular flexibility index (Phi) is 3.76. The summed E-state index contributed by atoms with van der Waals surface area (Å²) in [5, 5.41) is 12.0. The molecule has 0 spiro atoms. The third-order valence-corrected chi connectivity index (χ3v) is 2.83. The largest absolute Gasteiger partial charge is 0.369 e. The summed E-state index contributed by atoms with van der Waals surface area (Å²) in [6.07, 6.45) is 0. The van der Waals surface area contributed by atoms with Gasteiger partial charge in [0.25, 0.3) is 0 Å². The molecule has 1 aromatic carbocycles. The minimum Gasteiger partial charge on any atom is -0.369 e. The number of nitriles is 1. The van der Waals surface area contributed by atoms with Crippen LogP contribution < -0.4 is 5.32 Å². The molecular formula is C15H14FN3. The molecular weight excluding hydrogens is 241 g/mol. The smallest absolute Gasteiger partial charge is 0.144 e. The maximum absolute atomic E-state index is 13.6. The Morgan fingerprint density at radius 2 is 2.11 bits per heavy atom. The van der Waals surface area contributed by atoms with Crippen molar-refractivity contribution in [2.45, 2.75) is 13.8 Å². The van der Waals surface area contributed by atoms with Crippen LogP contribution in [0, 0.1) is 24.1 Å². The molecule has 0 amide bonds. The van der Waals surface area contributed by atoms with Crippen LogP contribution >= 0.6 is 0 Å². The van der Waals surface area contributed by atoms with Crippen LogP contribution in [-0.2, 0) is 0 Å². The van der Waals surface area contributed by atoms with Gasteiger partial charge in [-0.2, -0.15) is 5.26 Å². The predicted molar refractivity (Wildman–Crippen MR) is 73.2 cm³/mol. The average molecular weight is 255 g/mol. The molecule has 96 valence electrons. The highest BCUT2D eigenvalue weighted by Crippen LogP contribution is 2.23. The molecule has 0 atom stereocenters. The lowest BCUT2D eigenvalue weighted by Gasteiger charge is -2.08. The van der Waals surface area contributed by atoms with Gasteiger partial charge in [-0.05, 0) is 37.6 Å². The molecule has 1 heterocycles. The van der Waals surface area contributed by atoms with Gasteiger partial charge >= 0.3 is 0 Å². The first kappa shape index (κ1) is 13.0. The first-order valence-corrected chi connectivity index (χ1v) is 6.07. The highest BCUT2D eigenvalue weighted by molar-refractivity contribution is 5.65. The number of anilines is 1. The Morgan fingerprint density at radius 3 is 2.74 bits per heavy atom. The summed E-state index contributed by atoms with van der Waals surface area (Å²) in [6.45, 7) is 4.32. The maximum Gasteiger partial charge on any atom is 0.144 e. The number of hydrogen-bond donors (Lipinski definition) is 1. The van der Waals surface area contributed by atoms with Crippen LogP contribution in [0.3, 0.4) is 0 Å². The minimum atomic E-state index is -0.256. The fourth-order valence-electron chi connectivity index (χ4n) is 1.76. The van der Waals surface area contributed by atoms with E-state index in [4.69, 9.17) is 5.26 Å². The lowest BCUT2D eigenvalue weighted by molar-refractivity contribution is 0.619. The zero-order valence-corrected chi connectivity index (χ0v) is 10.9. The van der Waals surface area contributed by atoms with Crippen LogP contribution in [0.15, 0.2) is 30.3 Å². The number of pyridine rings is 1. The SMILES string of the molecule is CCNc1nc(-c2ccc(C)c(F)c2)ccc1C#N. The normalized spacial score (nSPS) is 10.0. The van der Waals surface area contributed by atoms with Crippen molar-refractivity contribution in [2.24, 2.45) is 0 Å². The first-order valence-electron chi connectivity index (χ1n) is 6.07. The molecule has 1 aromatic heterocycles. The molecule has 2 aromatic rings. The monoisotopic (exact) mass is 255 g/mol. The van der Waals surface area contributed by atoms with Crippen molar-refractivity contribution in [3.63, 3.8) is 0 Å². The van der Waals surface area contributed by atoms with Crippen molar-refractivity contribution in [1.29, 1.82) is 5.26 Å². The van der Waals surface area contributed by atoms with Crippen LogP contribution in [0.5, 0.6) is 0 Å². The van der Waals surface area contributed by atoms with E-state index in [1.165, 1.54) is 6.07 Å². The Bertz CT molecular complexity index is 644. The Balaban J connectivity index is 2.48. The lowest BCUT2D eigenvalue weighted by atomic mass is 10.1. The van der Waals surface area contributed by atoms with Crippen molar-refractivity contribution in [1.82, 2.24) is 4.98 Å². The second-order valence-electron chi connectivity index (χ2n) is 4.20. The number of rotatable bonds is 3. The molecule has 0 bridgehead atoms. The zero-order valence-electron chi connectivity index (χ0n) is 10.9. The van der Waals surface area contributed by atoms with Gasteiger partial charge in [-0.1, -0.05) is 12.1 Å². The number of benzene rings is 1. The Morgan fingerprint density at radius 1 is 1.32 bits per heavy atom. The number of hydrogen-bond acceptors (Lipinski definition) is 3. The van der Waals surface area contributed by atoms with Crippen LogP contribution in [0.2, 0.25) is 0 Å². The van der Waals surface area contributed by atoms with Gasteiger partial charge in [0, 0.05) is 12.1 Å². The highest BCUT2D eigenvalue weighted by atomic mass is 19.1. The molecule has 4 heteroatoms. The third-order valence-electron chi connectivity index (χ3n) is 2.83. The topological polar surface area (TPSA) is 48.7 Å². The third kappa shape index (κ3) is 2.71. The predicted octanol–water partition coefficient (Wildman–Crippen LogP) is 3.50. The van der Waals surface area contributed by atoms with E-state index in [-0.39, 0.29) is 5.82 Å². The van der Waals surface area contributed by atoms with Crippen molar-refractivity contribution < 1.29 is 4.39 Å². The quantitative estimate of drug-likeness (QED) is 0.913. The van der Waals surface area contributed by atoms with Crippen LogP contribution in [0.4, 0.5) is 10.2 Å². The van der Waals surface area contributed by atoms with Crippen molar-refractivity contribution in [2.75, 3.05) is 11.9 Å². The molecule has 3 nitrogen and oxygen atoms in total. The number of aromatic nitrogens is 1. The molecule has 0 saturated heterocycles. The van der Waals surface area contributed by atoms with Gasteiger partial charge in [0.05, 0.1) is 11.3 Å². The van der Waals surface area contributed by atoms with Crippen molar-refractivity contribution in [3.05, 3.63) is 47.3 Å². The van der Waals surface area contributed by atoms with Crippen molar-refractivity contribution in [3.8, 4) is 17.3 Å². The number of halogens is 1. The summed E-state index contributed by atoms with van der Waals surface area (Å²) in [4.78, 5) is 4.37. The standard InChI is InChI=1S/C15H14FN3/c1-3-18-15-12(9-17)6-7-14(19-15)11-5-4-10(2)13(16)8-11/h4-8H,3H2,1-2H3,(H,18,19). The van der Waals surface area contributed by atoms with Crippen LogP contribution in [0.1, 0.15) is 18.1 Å². The summed E-state index contributed by atoms with van der Waals surface area (Å²) in [7, 11) is 0. The van der Waals surface area contributed by atoms with E-state index in [0.717, 1.165) is 0 Å². The van der Waals surface area contributed by atoms with Crippen LogP contribution in [-0.4, -0.2) is 11.5 Å². The van der Waals surface area contributed by atoms with Crippen LogP contribution in [0.25, 0.3) is 11.3 Å². The summed E-state index contributed by atoms with van der Waals surface area (Å²) < 4.78 is 13.6. The number of nitrogens with one attached hydrogen (secondary N) is 1. The van der Waals surface area contributed by atoms with Gasteiger partial charge in [-0.25, -0.2) is 9.37 Å². The van der Waals surface area contributed by atoms with E-state index in [0.29, 0.717) is 34.7 Å². The molecule has 0 fully saturated rings. The van der Waals surface area contributed by atoms with E-state index in [1.807, 2.05) is 13.0 Å². The molecule has 0 radical (unpaired) electrons. The Labute approximate surface area is 111 Å². The van der Waals surface area contributed by atoms with E-state index in [9.17, 15) is 4.39 Å². The van der Waals surface area contributed by atoms with Gasteiger partial charge in [0.15, 0.2) is 0 Å². The molecule has 2 rings (SSSR count). The summed E-state index contributed by atoms with van der Waals surface area (Å²) in [6, 6.07) is 10.5. The molecule has 1 N–H and O–H groups in total. The Hall–Kier alpha value is -2.41. The molecule has 0 saturated carbocycles. The highest BCUT2D eigenvalue weighted by Gasteiger charge is 2.08. The molecule has 0 aliphatic rings. The fourth-order valence-corrected chi connectivity index (χ4v) is 1.76. The molecule has 0 aliphatic heterocycles. The minimum absolute atomic E-state index is 0.256. The molecule has 19 heavy (non-hydrogen) atoms. The zero-order chi connectivity index (χ0) is 13.8. The van der Waals surface area contributed by atoms with Gasteiger partial charge in [0.1, 0.15) is 17.7 Å². The maximum atomic E-state index is 13.6. The second-order valence-corrected chi connectivity index (χ2v) is 4.20. The molecule has 0 unspecified atom stereocenters. The number of aryl methyl sites for hydroxylation is 1. The second kappa shape index (κ2) is 5.49. The summed E-state index contributed by atoms with van der Waals surface area (Å²) in [5.41, 5.74) is 2.43. The van der Waals surface area contributed by atoms with Gasteiger partial charge in [-0.3, -0.25) is 0 Å². The first-order chi connectivity index (χ1) is 9.15. The van der Waals surface area contributed by atoms with Gasteiger partial charge in [0.2, 0.25) is 0 Å². The lowest BCUT2D eigenvalue weighted by Crippen LogP contribution is -2.02. The van der Waals surface area contributed by atoms with Gasteiger partial charge in [-0.15, -0.1) is 0 Å². The van der Waals surface area contributed by atoms with E-state index < -0.39 is 0 Å². The van der Waals surface area contributed by atoms with Crippen molar-refractivity contribution >= 4 is 5.82 Å². The number of nitrogens with zero attached hydrogens (tertiary/aromatic N) is 2. The van der Waals surface area contributed by atoms with E-state index in [1.54, 1.807) is 25.1 Å². The summed E-state index contributed by atoms with van der Waals surface area (Å²) >= 11 is 0. The van der Waals surface area contributed by atoms with Gasteiger partial charge < -0.3 is 5.32 Å². The average Bonchev–Trinajstić information content (AvgIpc) is 2.42. The van der Waals surface area contributed by atoms with E-state index >= 15 is 0 Å². The van der Waals surface area contributed by atoms with E-state index in [2.05, 4.69) is 16.4 Å². The summed E-state index contributed by atoms with van der Waals surface area (Å²) in [5.74, 6) is 0.275.